The van der Waals surface area contributed by atoms with Gasteiger partial charge in [-0.05, 0) is 43.1 Å². The van der Waals surface area contributed by atoms with Crippen molar-refractivity contribution in [2.45, 2.75) is 19.4 Å². The first-order chi connectivity index (χ1) is 8.72. The highest BCUT2D eigenvalue weighted by atomic mass is 35.5. The normalized spacial score (nSPS) is 12.4. The molecule has 1 N–H and O–H groups in total. The van der Waals surface area contributed by atoms with E-state index < -0.39 is 0 Å². The van der Waals surface area contributed by atoms with Crippen LogP contribution in [0.25, 0.3) is 0 Å². The summed E-state index contributed by atoms with van der Waals surface area (Å²) in [5, 5.41) is 4.21. The number of halogens is 1. The van der Waals surface area contributed by atoms with Gasteiger partial charge in [0.2, 0.25) is 0 Å². The molecule has 0 amide bonds. The maximum atomic E-state index is 6.19. The number of benzene rings is 2. The van der Waals surface area contributed by atoms with Gasteiger partial charge in [0.15, 0.2) is 0 Å². The fourth-order valence-corrected chi connectivity index (χ4v) is 2.40. The monoisotopic (exact) mass is 259 g/mol. The van der Waals surface area contributed by atoms with Crippen molar-refractivity contribution >= 4 is 11.6 Å². The summed E-state index contributed by atoms with van der Waals surface area (Å²) >= 11 is 6.19. The molecule has 18 heavy (non-hydrogen) atoms. The Kier molecular flexibility index (Phi) is 4.40. The molecule has 0 aliphatic carbocycles. The van der Waals surface area contributed by atoms with E-state index in [1.54, 1.807) is 0 Å². The van der Waals surface area contributed by atoms with Gasteiger partial charge in [0.1, 0.15) is 0 Å². The third-order valence-electron chi connectivity index (χ3n) is 3.32. The third kappa shape index (κ3) is 2.92. The van der Waals surface area contributed by atoms with E-state index in [1.807, 2.05) is 25.2 Å². The first-order valence-corrected chi connectivity index (χ1v) is 6.56. The van der Waals surface area contributed by atoms with Crippen LogP contribution < -0.4 is 5.32 Å². The average molecular weight is 260 g/mol. The summed E-state index contributed by atoms with van der Waals surface area (Å²) in [4.78, 5) is 0. The highest BCUT2D eigenvalue weighted by molar-refractivity contribution is 6.31. The Morgan fingerprint density at radius 3 is 2.44 bits per heavy atom. The Morgan fingerprint density at radius 2 is 1.78 bits per heavy atom. The van der Waals surface area contributed by atoms with Gasteiger partial charge in [0.05, 0.1) is 0 Å². The minimum atomic E-state index is 0.297. The molecule has 0 saturated carbocycles. The molecular formula is C16H18ClN. The van der Waals surface area contributed by atoms with Crippen molar-refractivity contribution in [2.24, 2.45) is 0 Å². The van der Waals surface area contributed by atoms with Gasteiger partial charge in [-0.3, -0.25) is 0 Å². The van der Waals surface area contributed by atoms with Crippen LogP contribution in [0.1, 0.15) is 22.7 Å². The minimum absolute atomic E-state index is 0.297. The summed E-state index contributed by atoms with van der Waals surface area (Å²) in [6.07, 6.45) is 0.971. The summed E-state index contributed by atoms with van der Waals surface area (Å²) < 4.78 is 0. The molecular weight excluding hydrogens is 242 g/mol. The number of rotatable bonds is 4. The smallest absolute Gasteiger partial charge is 0.0438 e. The van der Waals surface area contributed by atoms with Crippen LogP contribution >= 0.6 is 11.6 Å². The van der Waals surface area contributed by atoms with Crippen molar-refractivity contribution < 1.29 is 0 Å². The molecule has 0 saturated heterocycles. The minimum Gasteiger partial charge on any atom is -0.313 e. The van der Waals surface area contributed by atoms with Crippen molar-refractivity contribution in [1.29, 1.82) is 0 Å². The van der Waals surface area contributed by atoms with E-state index in [0.717, 1.165) is 17.0 Å². The lowest BCUT2D eigenvalue weighted by molar-refractivity contribution is 0.589. The SMILES string of the molecule is CNC(Cc1ccccc1)c1cccc(Cl)c1C. The highest BCUT2D eigenvalue weighted by Crippen LogP contribution is 2.26. The highest BCUT2D eigenvalue weighted by Gasteiger charge is 2.13. The lowest BCUT2D eigenvalue weighted by Gasteiger charge is -2.19. The third-order valence-corrected chi connectivity index (χ3v) is 3.73. The van der Waals surface area contributed by atoms with Crippen LogP contribution in [0.15, 0.2) is 48.5 Å². The van der Waals surface area contributed by atoms with Gasteiger partial charge >= 0.3 is 0 Å². The quantitative estimate of drug-likeness (QED) is 0.870. The van der Waals surface area contributed by atoms with E-state index in [9.17, 15) is 0 Å². The molecule has 0 spiro atoms. The molecule has 0 fully saturated rings. The molecule has 2 rings (SSSR count). The Morgan fingerprint density at radius 1 is 1.06 bits per heavy atom. The lowest BCUT2D eigenvalue weighted by atomic mass is 9.95. The molecule has 1 atom stereocenters. The summed E-state index contributed by atoms with van der Waals surface area (Å²) in [5.41, 5.74) is 3.76. The fourth-order valence-electron chi connectivity index (χ4n) is 2.22. The van der Waals surface area contributed by atoms with Crippen LogP contribution in [0.2, 0.25) is 5.02 Å². The molecule has 1 unspecified atom stereocenters. The largest absolute Gasteiger partial charge is 0.313 e. The van der Waals surface area contributed by atoms with Crippen molar-refractivity contribution in [3.05, 3.63) is 70.2 Å². The second-order valence-corrected chi connectivity index (χ2v) is 4.89. The molecule has 0 aliphatic heterocycles. The summed E-state index contributed by atoms with van der Waals surface area (Å²) in [5.74, 6) is 0. The van der Waals surface area contributed by atoms with E-state index in [-0.39, 0.29) is 0 Å². The zero-order valence-corrected chi connectivity index (χ0v) is 11.5. The lowest BCUT2D eigenvalue weighted by Crippen LogP contribution is -2.19. The predicted octanol–water partition coefficient (Wildman–Crippen LogP) is 4.15. The number of hydrogen-bond acceptors (Lipinski definition) is 1. The fraction of sp³-hybridized carbons (Fsp3) is 0.250. The topological polar surface area (TPSA) is 12.0 Å². The van der Waals surface area contributed by atoms with Crippen molar-refractivity contribution in [3.8, 4) is 0 Å². The molecule has 0 heterocycles. The van der Waals surface area contributed by atoms with E-state index in [4.69, 9.17) is 11.6 Å². The Bertz CT molecular complexity index is 508. The molecule has 1 nitrogen and oxygen atoms in total. The van der Waals surface area contributed by atoms with Crippen molar-refractivity contribution in [1.82, 2.24) is 5.32 Å². The van der Waals surface area contributed by atoms with Gasteiger partial charge in [0.25, 0.3) is 0 Å². The van der Waals surface area contributed by atoms with Crippen molar-refractivity contribution in [3.63, 3.8) is 0 Å². The van der Waals surface area contributed by atoms with Crippen LogP contribution in [0.4, 0.5) is 0 Å². The van der Waals surface area contributed by atoms with Gasteiger partial charge in [-0.2, -0.15) is 0 Å². The van der Waals surface area contributed by atoms with Gasteiger partial charge < -0.3 is 5.32 Å². The molecule has 94 valence electrons. The molecule has 0 aromatic heterocycles. The average Bonchev–Trinajstić information content (AvgIpc) is 2.41. The van der Waals surface area contributed by atoms with Crippen molar-refractivity contribution in [2.75, 3.05) is 7.05 Å². The Hall–Kier alpha value is -1.31. The van der Waals surface area contributed by atoms with Gasteiger partial charge in [-0.15, -0.1) is 0 Å². The van der Waals surface area contributed by atoms with E-state index in [2.05, 4.69) is 42.6 Å². The summed E-state index contributed by atoms with van der Waals surface area (Å²) in [7, 11) is 1.99. The molecule has 0 radical (unpaired) electrons. The summed E-state index contributed by atoms with van der Waals surface area (Å²) in [6, 6.07) is 16.9. The second-order valence-electron chi connectivity index (χ2n) is 4.49. The van der Waals surface area contributed by atoms with Gasteiger partial charge in [0, 0.05) is 11.1 Å². The zero-order valence-electron chi connectivity index (χ0n) is 10.8. The molecule has 0 bridgehead atoms. The van der Waals surface area contributed by atoms with E-state index in [1.165, 1.54) is 11.1 Å². The van der Waals surface area contributed by atoms with E-state index in [0.29, 0.717) is 6.04 Å². The number of hydrogen-bond donors (Lipinski definition) is 1. The number of nitrogens with one attached hydrogen (secondary N) is 1. The Balaban J connectivity index is 2.26. The van der Waals surface area contributed by atoms with Gasteiger partial charge in [-0.1, -0.05) is 54.1 Å². The maximum absolute atomic E-state index is 6.19. The van der Waals surface area contributed by atoms with E-state index >= 15 is 0 Å². The predicted molar refractivity (Wildman–Crippen MR) is 78.1 cm³/mol. The van der Waals surface area contributed by atoms with Gasteiger partial charge in [-0.25, -0.2) is 0 Å². The first-order valence-electron chi connectivity index (χ1n) is 6.18. The molecule has 2 aromatic carbocycles. The zero-order chi connectivity index (χ0) is 13.0. The van der Waals surface area contributed by atoms with Crippen LogP contribution in [0, 0.1) is 6.92 Å². The molecule has 2 aromatic rings. The maximum Gasteiger partial charge on any atom is 0.0438 e. The number of likely N-dealkylation sites (N-methyl/N-ethyl adjacent to an activating group) is 1. The Labute approximate surface area is 114 Å². The summed E-state index contributed by atoms with van der Waals surface area (Å²) in [6.45, 7) is 2.08. The second kappa shape index (κ2) is 6.03. The first kappa shape index (κ1) is 13.1. The standard InChI is InChI=1S/C16H18ClN/c1-12-14(9-6-10-15(12)17)16(18-2)11-13-7-4-3-5-8-13/h3-10,16,18H,11H2,1-2H3. The molecule has 2 heteroatoms. The van der Waals surface area contributed by atoms with Crippen LogP contribution in [0.5, 0.6) is 0 Å². The molecule has 0 aliphatic rings. The van der Waals surface area contributed by atoms with Crippen LogP contribution in [0.3, 0.4) is 0 Å². The van der Waals surface area contributed by atoms with Crippen LogP contribution in [-0.4, -0.2) is 7.05 Å². The van der Waals surface area contributed by atoms with Crippen LogP contribution in [-0.2, 0) is 6.42 Å².